The second kappa shape index (κ2) is 30.9. The number of aliphatic hydroxyl groups excluding tert-OH is 5. The van der Waals surface area contributed by atoms with Crippen molar-refractivity contribution in [1.82, 2.24) is 47.8 Å². The minimum Gasteiger partial charge on any atom is -0.393 e. The predicted molar refractivity (Wildman–Crippen MR) is 492 cm³/mol. The van der Waals surface area contributed by atoms with Gasteiger partial charge in [-0.2, -0.15) is 0 Å². The number of hydrogen-bond donors (Lipinski definition) is 10. The summed E-state index contributed by atoms with van der Waals surface area (Å²) in [6.07, 6.45) is 47.5. The van der Waals surface area contributed by atoms with Crippen molar-refractivity contribution in [2.24, 2.45) is 118 Å². The zero-order valence-corrected chi connectivity index (χ0v) is 74.8. The molecule has 20 saturated carbocycles. The minimum atomic E-state index is -0.426. The molecule has 10 aromatic rings. The van der Waals surface area contributed by atoms with E-state index in [0.717, 1.165) is 157 Å². The molecule has 130 heavy (non-hydrogen) atoms. The van der Waals surface area contributed by atoms with Crippen LogP contribution in [0.4, 0.5) is 0 Å². The van der Waals surface area contributed by atoms with Crippen molar-refractivity contribution >= 4 is 0 Å². The molecule has 35 rings (SSSR count). The summed E-state index contributed by atoms with van der Waals surface area (Å²) in [5.41, 5.74) is 16.5. The second-order valence-corrected chi connectivity index (χ2v) is 46.8. The van der Waals surface area contributed by atoms with Crippen LogP contribution in [0.5, 0.6) is 0 Å². The van der Waals surface area contributed by atoms with Gasteiger partial charge in [0.05, 0.1) is 180 Å². The molecule has 10 N–H and O–H groups in total. The van der Waals surface area contributed by atoms with Crippen molar-refractivity contribution < 1.29 is 51.1 Å². The fourth-order valence-electron chi connectivity index (χ4n) is 36.0. The smallest absolute Gasteiger partial charge is 0.0956 e. The lowest BCUT2D eigenvalue weighted by Crippen LogP contribution is -2.57. The van der Waals surface area contributed by atoms with Crippen molar-refractivity contribution in [3.05, 3.63) is 212 Å². The molecular formula is C110H130N10O10. The van der Waals surface area contributed by atoms with Gasteiger partial charge in [0.1, 0.15) is 0 Å². The molecule has 0 amide bonds. The Labute approximate surface area is 762 Å². The molecule has 25 aliphatic rings. The Morgan fingerprint density at radius 2 is 0.385 bits per heavy atom. The molecule has 680 valence electrons. The molecule has 20 atom stereocenters. The van der Waals surface area contributed by atoms with E-state index in [4.69, 9.17) is 0 Å². The third-order valence-electron chi connectivity index (χ3n) is 39.1. The molecule has 20 heteroatoms. The van der Waals surface area contributed by atoms with Crippen LogP contribution in [0.15, 0.2) is 184 Å². The van der Waals surface area contributed by atoms with Crippen molar-refractivity contribution in [2.45, 2.75) is 281 Å². The molecule has 20 aliphatic carbocycles. The lowest BCUT2D eigenvalue weighted by atomic mass is 9.49. The molecule has 20 nitrogen and oxygen atoms in total. The van der Waals surface area contributed by atoms with Crippen LogP contribution in [0.3, 0.4) is 0 Å². The van der Waals surface area contributed by atoms with Crippen LogP contribution in [0.25, 0.3) is 56.3 Å². The largest absolute Gasteiger partial charge is 0.393 e. The van der Waals surface area contributed by atoms with E-state index in [2.05, 4.69) is 169 Å². The fourth-order valence-corrected chi connectivity index (χ4v) is 36.0. The van der Waals surface area contributed by atoms with Gasteiger partial charge in [0.2, 0.25) is 0 Å². The summed E-state index contributed by atoms with van der Waals surface area (Å²) in [5, 5.41) is 111. The molecule has 5 aliphatic heterocycles. The summed E-state index contributed by atoms with van der Waals surface area (Å²) in [5.74, 6) is 10.2. The van der Waals surface area contributed by atoms with Crippen LogP contribution >= 0.6 is 0 Å². The number of aliphatic hydroxyl groups is 10. The van der Waals surface area contributed by atoms with Crippen molar-refractivity contribution in [3.63, 3.8) is 0 Å². The van der Waals surface area contributed by atoms with Gasteiger partial charge in [-0.15, -0.1) is 0 Å². The van der Waals surface area contributed by atoms with Crippen LogP contribution in [0, 0.1) is 118 Å². The van der Waals surface area contributed by atoms with E-state index in [1.54, 1.807) is 0 Å². The zero-order chi connectivity index (χ0) is 87.3. The third kappa shape index (κ3) is 13.6. The summed E-state index contributed by atoms with van der Waals surface area (Å²) in [6, 6.07) is 43.5. The summed E-state index contributed by atoms with van der Waals surface area (Å²) < 4.78 is 11.2. The quantitative estimate of drug-likeness (QED) is 0.0456. The number of fused-ring (bicyclic) bond motifs is 15. The minimum absolute atomic E-state index is 0.180. The van der Waals surface area contributed by atoms with Crippen LogP contribution in [-0.2, 0) is 0 Å². The van der Waals surface area contributed by atoms with Crippen molar-refractivity contribution in [3.8, 4) is 56.3 Å². The lowest BCUT2D eigenvalue weighted by molar-refractivity contribution is -0.174. The van der Waals surface area contributed by atoms with E-state index < -0.39 is 28.0 Å². The maximum absolute atomic E-state index is 11.3. The fraction of sp³-hybridized carbons (Fsp3) is 0.591. The first-order chi connectivity index (χ1) is 63.1. The van der Waals surface area contributed by atoms with E-state index in [-0.39, 0.29) is 60.7 Å². The summed E-state index contributed by atoms with van der Waals surface area (Å²) in [6.45, 7) is 0. The Hall–Kier alpha value is -8.25. The van der Waals surface area contributed by atoms with Crippen LogP contribution in [0.1, 0.15) is 251 Å². The number of rotatable bonds is 15. The van der Waals surface area contributed by atoms with Gasteiger partial charge in [0.25, 0.3) is 0 Å². The number of imidazole rings is 5. The highest BCUT2D eigenvalue weighted by Gasteiger charge is 2.63. The Morgan fingerprint density at radius 1 is 0.231 bits per heavy atom. The van der Waals surface area contributed by atoms with E-state index >= 15 is 0 Å². The number of hydrogen-bond acceptors (Lipinski definition) is 15. The van der Waals surface area contributed by atoms with Gasteiger partial charge in [-0.05, 0) is 339 Å². The van der Waals surface area contributed by atoms with Gasteiger partial charge >= 0.3 is 0 Å². The van der Waals surface area contributed by atoms with E-state index in [1.807, 2.05) is 62.6 Å². The van der Waals surface area contributed by atoms with Crippen LogP contribution < -0.4 is 0 Å². The third-order valence-corrected chi connectivity index (χ3v) is 39.1. The summed E-state index contributed by atoms with van der Waals surface area (Å²) in [4.78, 5) is 21.7. The topological polar surface area (TPSA) is 291 Å². The summed E-state index contributed by atoms with van der Waals surface area (Å²) in [7, 11) is 0. The lowest BCUT2D eigenvalue weighted by Gasteiger charge is -2.59. The SMILES string of the molecule is OC(CC1c2ccccc2-c2cncn21)C1C2CC3CC1CC(O)(C3)C2.O[C@@H](C[C@@H]1c2ccccc2-c2cncn21)C1C2CC3CC1CC(O)(C3)C2.O[C@@H](C[C@H]1c2ccccc2-c2cncn21)C1C2CC3CC1CC(O)(C3)C2.O[C@H](C[C@@H]1c2ccccc2-c2cncn21)C1C2CC3CC1CC(O)(C3)C2.O[C@H](C[C@H]1c2ccccc2-c2cncn21)C1C2CC3CC1CC(O)(C3)C2. The molecule has 20 fully saturated rings. The van der Waals surface area contributed by atoms with Gasteiger partial charge in [0, 0.05) is 27.8 Å². The first-order valence-electron chi connectivity index (χ1n) is 50.6. The van der Waals surface area contributed by atoms with Gasteiger partial charge in [-0.1, -0.05) is 121 Å². The highest BCUT2D eigenvalue weighted by molar-refractivity contribution is 5.73. The first-order valence-corrected chi connectivity index (χ1v) is 50.6. The average Bonchev–Trinajstić information content (AvgIpc) is 1.70. The Bertz CT molecular complexity index is 5040. The number of benzene rings is 5. The van der Waals surface area contributed by atoms with Gasteiger partial charge in [0.15, 0.2) is 0 Å². The van der Waals surface area contributed by atoms with E-state index in [9.17, 15) is 51.1 Å². The first kappa shape index (κ1) is 82.4. The number of aromatic nitrogens is 10. The highest BCUT2D eigenvalue weighted by Crippen LogP contribution is 2.67. The zero-order valence-electron chi connectivity index (χ0n) is 74.8. The molecule has 10 heterocycles. The molecular weight excluding hydrogens is 1620 g/mol. The Balaban J connectivity index is 0.0000000856. The monoisotopic (exact) mass is 1750 g/mol. The molecule has 20 bridgehead atoms. The summed E-state index contributed by atoms with van der Waals surface area (Å²) >= 11 is 0. The van der Waals surface area contributed by atoms with E-state index in [1.165, 1.54) is 120 Å². The predicted octanol–water partition coefficient (Wildman–Crippen LogP) is 17.0. The average molecular weight is 1750 g/mol. The van der Waals surface area contributed by atoms with Gasteiger partial charge < -0.3 is 73.9 Å². The van der Waals surface area contributed by atoms with Crippen LogP contribution in [-0.4, -0.2) is 157 Å². The highest BCUT2D eigenvalue weighted by atomic mass is 16.3. The van der Waals surface area contributed by atoms with Crippen molar-refractivity contribution in [2.75, 3.05) is 0 Å². The Kier molecular flexibility index (Phi) is 19.6. The molecule has 0 spiro atoms. The molecule has 5 aromatic heterocycles. The molecule has 0 saturated heterocycles. The second-order valence-electron chi connectivity index (χ2n) is 46.8. The van der Waals surface area contributed by atoms with E-state index in [0.29, 0.717) is 118 Å². The molecule has 12 unspecified atom stereocenters. The standard InChI is InChI=1S/5C22H26N2O2/c5*25-20(21-14-5-13-6-15(21)10-22(26,8-13)9-14)7-18-16-3-1-2-4-17(16)19-11-23-12-24(18)19/h5*1-4,11-15,18,20-21,25-26H,5-10H2/t2*13?,14?,15?,18-,20+,21?,22?;2*13?,14?,15?,18-,20-,21?,22?;/m1010./s1. The van der Waals surface area contributed by atoms with Crippen molar-refractivity contribution in [1.29, 1.82) is 0 Å². The molecule has 0 radical (unpaired) electrons. The maximum atomic E-state index is 11.3. The van der Waals surface area contributed by atoms with Gasteiger partial charge in [-0.3, -0.25) is 0 Å². The number of nitrogens with zero attached hydrogens (tertiary/aromatic N) is 10. The normalized spacial score (nSPS) is 40.5. The maximum Gasteiger partial charge on any atom is 0.0956 e. The Morgan fingerprint density at radius 3 is 0.538 bits per heavy atom. The van der Waals surface area contributed by atoms with Crippen LogP contribution in [0.2, 0.25) is 0 Å². The molecule has 5 aromatic carbocycles. The van der Waals surface area contributed by atoms with Gasteiger partial charge in [-0.25, -0.2) is 24.9 Å².